The summed E-state index contributed by atoms with van der Waals surface area (Å²) in [5.74, 6) is 1.03. The van der Waals surface area contributed by atoms with Crippen molar-refractivity contribution >= 4 is 23.6 Å². The van der Waals surface area contributed by atoms with Crippen molar-refractivity contribution in [1.82, 2.24) is 9.97 Å². The van der Waals surface area contributed by atoms with Gasteiger partial charge >= 0.3 is 6.09 Å². The Balaban J connectivity index is 0.000000460. The van der Waals surface area contributed by atoms with E-state index in [1.54, 1.807) is 12.1 Å². The van der Waals surface area contributed by atoms with E-state index in [1.807, 2.05) is 53.7 Å². The number of nitrogens with zero attached hydrogens (tertiary/aromatic N) is 2. The van der Waals surface area contributed by atoms with Gasteiger partial charge in [0.05, 0.1) is 7.11 Å². The Morgan fingerprint density at radius 1 is 0.815 bits per heavy atom. The van der Waals surface area contributed by atoms with E-state index in [4.69, 9.17) is 0 Å². The minimum absolute atomic E-state index is 0.0919. The third kappa shape index (κ3) is 9.34. The van der Waals surface area contributed by atoms with Crippen LogP contribution < -0.4 is 10.6 Å². The summed E-state index contributed by atoms with van der Waals surface area (Å²) in [4.78, 5) is 29.8. The number of hydrogen-bond donors (Lipinski definition) is 2. The number of rotatable bonds is 2. The third-order valence-electron chi connectivity index (χ3n) is 3.42. The van der Waals surface area contributed by atoms with Gasteiger partial charge in [0.1, 0.15) is 11.6 Å². The number of amides is 2. The number of carbonyl (C=O) groups excluding carboxylic acids is 2. The lowest BCUT2D eigenvalue weighted by Crippen LogP contribution is -2.12. The number of hydrogen-bond acceptors (Lipinski definition) is 5. The Labute approximate surface area is 161 Å². The molecule has 2 heterocycles. The van der Waals surface area contributed by atoms with E-state index in [9.17, 15) is 9.59 Å². The van der Waals surface area contributed by atoms with Gasteiger partial charge in [0.15, 0.2) is 0 Å². The van der Waals surface area contributed by atoms with Gasteiger partial charge in [-0.15, -0.1) is 0 Å². The van der Waals surface area contributed by atoms with Crippen molar-refractivity contribution < 1.29 is 14.3 Å². The van der Waals surface area contributed by atoms with Crippen LogP contribution in [0.25, 0.3) is 0 Å². The highest BCUT2D eigenvalue weighted by Crippen LogP contribution is 2.09. The number of pyridine rings is 2. The summed E-state index contributed by atoms with van der Waals surface area (Å²) >= 11 is 0. The molecule has 7 heteroatoms. The monoisotopic (exact) mass is 374 g/mol. The first-order valence-corrected chi connectivity index (χ1v) is 8.74. The lowest BCUT2D eigenvalue weighted by molar-refractivity contribution is -0.114. The second-order valence-electron chi connectivity index (χ2n) is 5.50. The number of aromatic nitrogens is 2. The smallest absolute Gasteiger partial charge is 0.412 e. The first-order valence-electron chi connectivity index (χ1n) is 8.74. The molecule has 2 aromatic rings. The Morgan fingerprint density at radius 3 is 1.56 bits per heavy atom. The zero-order valence-electron chi connectivity index (χ0n) is 17.4. The second-order valence-corrected chi connectivity index (χ2v) is 5.50. The van der Waals surface area contributed by atoms with Gasteiger partial charge in [0.2, 0.25) is 5.91 Å². The maximum Gasteiger partial charge on any atom is 0.412 e. The van der Waals surface area contributed by atoms with Crippen LogP contribution in [0.4, 0.5) is 16.4 Å². The average molecular weight is 374 g/mol. The van der Waals surface area contributed by atoms with Crippen LogP contribution in [-0.2, 0) is 9.53 Å². The molecule has 2 N–H and O–H groups in total. The predicted octanol–water partition coefficient (Wildman–Crippen LogP) is 4.56. The first-order chi connectivity index (χ1) is 12.7. The molecule has 0 aliphatic heterocycles. The van der Waals surface area contributed by atoms with E-state index in [-0.39, 0.29) is 5.91 Å². The van der Waals surface area contributed by atoms with Crippen LogP contribution in [0.15, 0.2) is 24.3 Å². The van der Waals surface area contributed by atoms with Gasteiger partial charge in [-0.2, -0.15) is 0 Å². The molecule has 0 saturated heterocycles. The minimum Gasteiger partial charge on any atom is -0.453 e. The Morgan fingerprint density at radius 2 is 1.22 bits per heavy atom. The molecule has 0 fully saturated rings. The molecule has 27 heavy (non-hydrogen) atoms. The van der Waals surface area contributed by atoms with Crippen LogP contribution in [0.5, 0.6) is 0 Å². The molecule has 2 rings (SSSR count). The normalized spacial score (nSPS) is 9.04. The van der Waals surface area contributed by atoms with Gasteiger partial charge in [-0.05, 0) is 51.0 Å². The van der Waals surface area contributed by atoms with Crippen molar-refractivity contribution in [2.24, 2.45) is 0 Å². The third-order valence-corrected chi connectivity index (χ3v) is 3.42. The Hall–Kier alpha value is -2.96. The van der Waals surface area contributed by atoms with Crippen LogP contribution in [0, 0.1) is 27.7 Å². The number of methoxy groups -OCH3 is 1. The summed E-state index contributed by atoms with van der Waals surface area (Å²) in [5.41, 5.74) is 4.06. The molecule has 2 amide bonds. The molecule has 0 unspecified atom stereocenters. The summed E-state index contributed by atoms with van der Waals surface area (Å²) in [5, 5.41) is 5.11. The van der Waals surface area contributed by atoms with Gasteiger partial charge in [-0.3, -0.25) is 10.1 Å². The molecule has 0 radical (unpaired) electrons. The van der Waals surface area contributed by atoms with E-state index in [0.29, 0.717) is 11.6 Å². The summed E-state index contributed by atoms with van der Waals surface area (Å²) in [6, 6.07) is 7.37. The minimum atomic E-state index is -0.504. The molecule has 0 aliphatic rings. The Bertz CT molecular complexity index is 761. The van der Waals surface area contributed by atoms with Crippen molar-refractivity contribution in [3.8, 4) is 0 Å². The summed E-state index contributed by atoms with van der Waals surface area (Å²) in [7, 11) is 1.32. The highest BCUT2D eigenvalue weighted by atomic mass is 16.5. The lowest BCUT2D eigenvalue weighted by atomic mass is 10.2. The summed E-state index contributed by atoms with van der Waals surface area (Å²) in [6.07, 6.45) is -0.504. The largest absolute Gasteiger partial charge is 0.453 e. The molecule has 0 spiro atoms. The van der Waals surface area contributed by atoms with Crippen LogP contribution >= 0.6 is 0 Å². The van der Waals surface area contributed by atoms with Gasteiger partial charge < -0.3 is 10.1 Å². The van der Waals surface area contributed by atoms with Crippen LogP contribution in [0.1, 0.15) is 43.3 Å². The van der Waals surface area contributed by atoms with Gasteiger partial charge in [-0.25, -0.2) is 14.8 Å². The number of anilines is 2. The molecule has 0 aliphatic carbocycles. The molecular weight excluding hydrogens is 344 g/mol. The molecule has 0 aromatic carbocycles. The van der Waals surface area contributed by atoms with E-state index in [1.165, 1.54) is 14.0 Å². The zero-order chi connectivity index (χ0) is 21.0. The number of aryl methyl sites for hydroxylation is 4. The Kier molecular flexibility index (Phi) is 11.0. The molecule has 7 nitrogen and oxygen atoms in total. The molecule has 0 saturated carbocycles. The maximum atomic E-state index is 10.8. The quantitative estimate of drug-likeness (QED) is 0.804. The van der Waals surface area contributed by atoms with Crippen molar-refractivity contribution in [1.29, 1.82) is 0 Å². The molecule has 0 atom stereocenters. The lowest BCUT2D eigenvalue weighted by Gasteiger charge is -2.04. The standard InChI is InChI=1S/C9H12N2O2.C9H12N2O.C2H6/c1-6-4-5-8(10-7(6)2)11-9(12)13-3;1-6-4-5-9(10-7(6)2)11-8(3)12;1-2/h4-5H,1-3H3,(H,10,11,12);4-5H,1-3H3,(H,10,11,12);1-2H3. The van der Waals surface area contributed by atoms with Crippen molar-refractivity contribution in [2.45, 2.75) is 48.5 Å². The van der Waals surface area contributed by atoms with Gasteiger partial charge in [0, 0.05) is 18.3 Å². The van der Waals surface area contributed by atoms with E-state index >= 15 is 0 Å². The topological polar surface area (TPSA) is 93.2 Å². The average Bonchev–Trinajstić information content (AvgIpc) is 2.63. The highest BCUT2D eigenvalue weighted by molar-refractivity contribution is 5.87. The fraction of sp³-hybridized carbons (Fsp3) is 0.400. The first kappa shape index (κ1) is 24.0. The molecule has 148 valence electrons. The maximum absolute atomic E-state index is 10.8. The summed E-state index contributed by atoms with van der Waals surface area (Å²) < 4.78 is 4.43. The molecular formula is C20H30N4O3. The summed E-state index contributed by atoms with van der Waals surface area (Å²) in [6.45, 7) is 13.2. The van der Waals surface area contributed by atoms with Crippen molar-refractivity contribution in [3.63, 3.8) is 0 Å². The second kappa shape index (κ2) is 12.4. The van der Waals surface area contributed by atoms with Crippen molar-refractivity contribution in [3.05, 3.63) is 46.8 Å². The molecule has 2 aromatic heterocycles. The number of carbonyl (C=O) groups is 2. The number of nitrogens with one attached hydrogen (secondary N) is 2. The van der Waals surface area contributed by atoms with E-state index in [2.05, 4.69) is 25.3 Å². The van der Waals surface area contributed by atoms with Crippen LogP contribution in [0.3, 0.4) is 0 Å². The number of ether oxygens (including phenoxy) is 1. The fourth-order valence-electron chi connectivity index (χ4n) is 1.74. The predicted molar refractivity (Wildman–Crippen MR) is 109 cm³/mol. The van der Waals surface area contributed by atoms with Crippen molar-refractivity contribution in [2.75, 3.05) is 17.7 Å². The fourth-order valence-corrected chi connectivity index (χ4v) is 1.74. The SMILES string of the molecule is CC.CC(=O)Nc1ccc(C)c(C)n1.COC(=O)Nc1ccc(C)c(C)n1. The van der Waals surface area contributed by atoms with E-state index < -0.39 is 6.09 Å². The zero-order valence-corrected chi connectivity index (χ0v) is 17.4. The highest BCUT2D eigenvalue weighted by Gasteiger charge is 2.02. The van der Waals surface area contributed by atoms with E-state index in [0.717, 1.165) is 22.5 Å². The van der Waals surface area contributed by atoms with Gasteiger partial charge in [-0.1, -0.05) is 26.0 Å². The van der Waals surface area contributed by atoms with Crippen LogP contribution in [-0.4, -0.2) is 29.1 Å². The van der Waals surface area contributed by atoms with Gasteiger partial charge in [0.25, 0.3) is 0 Å². The van der Waals surface area contributed by atoms with Crippen LogP contribution in [0.2, 0.25) is 0 Å². The molecule has 0 bridgehead atoms.